The zero-order valence-corrected chi connectivity index (χ0v) is 18.5. The first-order chi connectivity index (χ1) is 15.5. The summed E-state index contributed by atoms with van der Waals surface area (Å²) in [5, 5.41) is 16.4. The molecule has 32 heavy (non-hydrogen) atoms. The summed E-state index contributed by atoms with van der Waals surface area (Å²) in [4.78, 5) is 42.5. The van der Waals surface area contributed by atoms with Gasteiger partial charge in [-0.2, -0.15) is 0 Å². The Morgan fingerprint density at radius 3 is 2.75 bits per heavy atom. The van der Waals surface area contributed by atoms with Crippen LogP contribution in [0.25, 0.3) is 10.9 Å². The number of hydrogen-bond donors (Lipinski definition) is 5. The van der Waals surface area contributed by atoms with Gasteiger partial charge >= 0.3 is 5.97 Å². The molecule has 0 saturated carbocycles. The van der Waals surface area contributed by atoms with Crippen LogP contribution in [0.3, 0.4) is 0 Å². The van der Waals surface area contributed by atoms with Crippen LogP contribution in [0, 0.1) is 0 Å². The first kappa shape index (κ1) is 23.7. The molecule has 0 aliphatic carbocycles. The predicted octanol–water partition coefficient (Wildman–Crippen LogP) is 0.988. The van der Waals surface area contributed by atoms with Crippen molar-refractivity contribution in [2.24, 2.45) is 5.73 Å². The number of H-pyrrole nitrogens is 1. The molecule has 1 aliphatic heterocycles. The van der Waals surface area contributed by atoms with Gasteiger partial charge in [-0.25, -0.2) is 4.79 Å². The zero-order chi connectivity index (χ0) is 23.1. The number of benzene rings is 1. The molecule has 2 amide bonds. The van der Waals surface area contributed by atoms with Crippen LogP contribution in [-0.2, 0) is 20.8 Å². The fraction of sp³-hybridized carbons (Fsp3) is 0.522. The van der Waals surface area contributed by atoms with Crippen LogP contribution in [0.2, 0.25) is 0 Å². The van der Waals surface area contributed by atoms with Crippen molar-refractivity contribution in [3.63, 3.8) is 0 Å². The van der Waals surface area contributed by atoms with Crippen molar-refractivity contribution in [3.05, 3.63) is 36.0 Å². The summed E-state index contributed by atoms with van der Waals surface area (Å²) in [6.07, 6.45) is 5.26. The van der Waals surface area contributed by atoms with Crippen molar-refractivity contribution in [1.29, 1.82) is 0 Å². The van der Waals surface area contributed by atoms with Gasteiger partial charge in [-0.15, -0.1) is 0 Å². The van der Waals surface area contributed by atoms with Crippen LogP contribution in [-0.4, -0.2) is 71.0 Å². The van der Waals surface area contributed by atoms with E-state index in [9.17, 15) is 19.5 Å². The van der Waals surface area contributed by atoms with Crippen molar-refractivity contribution in [3.8, 4) is 0 Å². The van der Waals surface area contributed by atoms with E-state index < -0.39 is 24.1 Å². The number of carboxylic acids is 1. The lowest BCUT2D eigenvalue weighted by Gasteiger charge is -2.28. The van der Waals surface area contributed by atoms with Gasteiger partial charge in [-0.05, 0) is 63.7 Å². The number of para-hydroxylation sites is 1. The summed E-state index contributed by atoms with van der Waals surface area (Å²) >= 11 is 0. The molecular formula is C23H33N5O4. The number of hydrogen-bond acceptors (Lipinski definition) is 5. The third-order valence-corrected chi connectivity index (χ3v) is 6.15. The van der Waals surface area contributed by atoms with E-state index in [2.05, 4.69) is 15.6 Å². The second-order valence-electron chi connectivity index (χ2n) is 8.28. The highest BCUT2D eigenvalue weighted by Gasteiger charge is 2.37. The molecule has 3 atom stereocenters. The number of nitrogens with zero attached hydrogens (tertiary/aromatic N) is 1. The van der Waals surface area contributed by atoms with Gasteiger partial charge in [-0.1, -0.05) is 18.2 Å². The number of likely N-dealkylation sites (N-methyl/N-ethyl adjacent to an activating group) is 1. The van der Waals surface area contributed by atoms with Crippen molar-refractivity contribution < 1.29 is 19.5 Å². The number of nitrogens with one attached hydrogen (secondary N) is 3. The van der Waals surface area contributed by atoms with Gasteiger partial charge in [0.2, 0.25) is 11.8 Å². The number of amides is 2. The Morgan fingerprint density at radius 2 is 2.03 bits per heavy atom. The molecule has 2 aromatic rings. The van der Waals surface area contributed by atoms with Crippen LogP contribution in [0.5, 0.6) is 0 Å². The minimum absolute atomic E-state index is 0.282. The summed E-state index contributed by atoms with van der Waals surface area (Å²) < 4.78 is 0. The Balaban J connectivity index is 1.72. The maximum atomic E-state index is 13.2. The molecule has 9 heteroatoms. The number of carbonyl (C=O) groups excluding carboxylic acids is 2. The van der Waals surface area contributed by atoms with Gasteiger partial charge in [0.1, 0.15) is 12.1 Å². The highest BCUT2D eigenvalue weighted by molar-refractivity contribution is 5.92. The summed E-state index contributed by atoms with van der Waals surface area (Å²) in [7, 11) is 1.71. The topological polar surface area (TPSA) is 141 Å². The maximum Gasteiger partial charge on any atom is 0.326 e. The Labute approximate surface area is 187 Å². The number of likely N-dealkylation sites (tertiary alicyclic amines) is 1. The molecule has 0 spiro atoms. The van der Waals surface area contributed by atoms with Gasteiger partial charge in [0.05, 0.1) is 6.04 Å². The number of aromatic amines is 1. The van der Waals surface area contributed by atoms with Gasteiger partial charge in [-0.3, -0.25) is 9.59 Å². The molecule has 9 nitrogen and oxygen atoms in total. The lowest BCUT2D eigenvalue weighted by atomic mass is 10.0. The number of aromatic nitrogens is 1. The largest absolute Gasteiger partial charge is 0.480 e. The Bertz CT molecular complexity index is 943. The van der Waals surface area contributed by atoms with E-state index >= 15 is 0 Å². The number of carbonyl (C=O) groups is 3. The van der Waals surface area contributed by atoms with Crippen molar-refractivity contribution in [1.82, 2.24) is 20.5 Å². The number of unbranched alkanes of at least 4 members (excludes halogenated alkanes) is 1. The average Bonchev–Trinajstić information content (AvgIpc) is 3.44. The normalized spacial score (nSPS) is 17.9. The Kier molecular flexibility index (Phi) is 8.24. The standard InChI is InChI=1S/C23H33N5O4/c1-25-19(13-15-14-26-17-8-3-2-7-16(15)17)21(29)27-18(9-4-5-11-24)22(30)28-12-6-10-20(28)23(31)32/h2-3,7-8,14,18-20,25-26H,4-6,9-13,24H2,1H3,(H,27,29)(H,31,32)/t18-,19-,20-/m0/s1. The molecular weight excluding hydrogens is 410 g/mol. The third-order valence-electron chi connectivity index (χ3n) is 6.15. The number of aliphatic carboxylic acids is 1. The van der Waals surface area contributed by atoms with Crippen LogP contribution < -0.4 is 16.4 Å². The summed E-state index contributed by atoms with van der Waals surface area (Å²) in [5.74, 6) is -1.62. The predicted molar refractivity (Wildman–Crippen MR) is 122 cm³/mol. The zero-order valence-electron chi connectivity index (χ0n) is 18.5. The van der Waals surface area contributed by atoms with Crippen LogP contribution >= 0.6 is 0 Å². The molecule has 1 saturated heterocycles. The Morgan fingerprint density at radius 1 is 1.25 bits per heavy atom. The lowest BCUT2D eigenvalue weighted by Crippen LogP contribution is -2.55. The van der Waals surface area contributed by atoms with E-state index in [4.69, 9.17) is 5.73 Å². The average molecular weight is 444 g/mol. The van der Waals surface area contributed by atoms with Crippen molar-refractivity contribution in [2.75, 3.05) is 20.1 Å². The van der Waals surface area contributed by atoms with Crippen LogP contribution in [0.15, 0.2) is 30.5 Å². The van der Waals surface area contributed by atoms with E-state index in [1.54, 1.807) is 7.05 Å². The van der Waals surface area contributed by atoms with E-state index in [0.717, 1.165) is 22.9 Å². The quantitative estimate of drug-likeness (QED) is 0.328. The number of nitrogens with two attached hydrogens (primary N) is 1. The number of rotatable bonds is 11. The second-order valence-corrected chi connectivity index (χ2v) is 8.28. The number of fused-ring (bicyclic) bond motifs is 1. The minimum atomic E-state index is -1.00. The second kappa shape index (κ2) is 11.1. The fourth-order valence-electron chi connectivity index (χ4n) is 4.36. The molecule has 1 aliphatic rings. The lowest BCUT2D eigenvalue weighted by molar-refractivity contribution is -0.149. The highest BCUT2D eigenvalue weighted by atomic mass is 16.4. The first-order valence-electron chi connectivity index (χ1n) is 11.2. The summed E-state index contributed by atoms with van der Waals surface area (Å²) in [6, 6.07) is 5.75. The molecule has 0 unspecified atom stereocenters. The van der Waals surface area contributed by atoms with E-state index in [1.807, 2.05) is 30.5 Å². The number of carboxylic acid groups (broad SMARTS) is 1. The van der Waals surface area contributed by atoms with E-state index in [1.165, 1.54) is 4.90 Å². The first-order valence-corrected chi connectivity index (χ1v) is 11.2. The van der Waals surface area contributed by atoms with Crippen LogP contribution in [0.4, 0.5) is 0 Å². The molecule has 1 aromatic heterocycles. The molecule has 2 heterocycles. The molecule has 0 bridgehead atoms. The molecule has 6 N–H and O–H groups in total. The monoisotopic (exact) mass is 443 g/mol. The fourth-order valence-corrected chi connectivity index (χ4v) is 4.36. The van der Waals surface area contributed by atoms with Crippen molar-refractivity contribution >= 4 is 28.7 Å². The SMILES string of the molecule is CN[C@@H](Cc1c[nH]c2ccccc12)C(=O)N[C@@H](CCCCN)C(=O)N1CCC[C@H]1C(=O)O. The molecule has 0 radical (unpaired) electrons. The summed E-state index contributed by atoms with van der Waals surface area (Å²) in [6.45, 7) is 0.889. The van der Waals surface area contributed by atoms with Gasteiger partial charge < -0.3 is 31.4 Å². The minimum Gasteiger partial charge on any atom is -0.480 e. The van der Waals surface area contributed by atoms with Gasteiger partial charge in [0, 0.05) is 23.6 Å². The van der Waals surface area contributed by atoms with Gasteiger partial charge in [0.25, 0.3) is 0 Å². The maximum absolute atomic E-state index is 13.2. The molecule has 3 rings (SSSR count). The van der Waals surface area contributed by atoms with E-state index in [-0.39, 0.29) is 11.8 Å². The molecule has 1 aromatic carbocycles. The Hall–Kier alpha value is -2.91. The van der Waals surface area contributed by atoms with Crippen molar-refractivity contribution in [2.45, 2.75) is 56.7 Å². The van der Waals surface area contributed by atoms with Crippen LogP contribution in [0.1, 0.15) is 37.7 Å². The summed E-state index contributed by atoms with van der Waals surface area (Å²) in [5.41, 5.74) is 7.60. The third kappa shape index (κ3) is 5.46. The van der Waals surface area contributed by atoms with Gasteiger partial charge in [0.15, 0.2) is 0 Å². The molecule has 1 fully saturated rings. The van der Waals surface area contributed by atoms with E-state index in [0.29, 0.717) is 45.2 Å². The smallest absolute Gasteiger partial charge is 0.326 e. The molecule has 174 valence electrons. The highest BCUT2D eigenvalue weighted by Crippen LogP contribution is 2.21.